The normalized spacial score (nSPS) is 18.3. The predicted molar refractivity (Wildman–Crippen MR) is 132 cm³/mol. The zero-order chi connectivity index (χ0) is 27.7. The highest BCUT2D eigenvalue weighted by molar-refractivity contribution is 6.04. The Morgan fingerprint density at radius 3 is 2.53 bits per heavy atom. The van der Waals surface area contributed by atoms with Crippen LogP contribution in [0.15, 0.2) is 36.5 Å². The number of carbonyl (C=O) groups excluding carboxylic acids is 3. The molecular weight excluding hydrogens is 503 g/mol. The maximum Gasteiger partial charge on any atom is 0.433 e. The van der Waals surface area contributed by atoms with Gasteiger partial charge in [-0.25, -0.2) is 4.98 Å². The molecule has 0 bridgehead atoms. The van der Waals surface area contributed by atoms with Crippen LogP contribution in [0.4, 0.5) is 18.9 Å². The topological polar surface area (TPSA) is 129 Å². The van der Waals surface area contributed by atoms with E-state index < -0.39 is 35.0 Å². The van der Waals surface area contributed by atoms with Gasteiger partial charge in [-0.3, -0.25) is 14.3 Å². The van der Waals surface area contributed by atoms with E-state index >= 15 is 0 Å². The molecule has 9 nitrogen and oxygen atoms in total. The van der Waals surface area contributed by atoms with Crippen molar-refractivity contribution < 1.29 is 32.3 Å². The van der Waals surface area contributed by atoms with Crippen LogP contribution in [-0.2, 0) is 26.1 Å². The number of anilines is 1. The summed E-state index contributed by atoms with van der Waals surface area (Å²) in [5, 5.41) is 8.04. The van der Waals surface area contributed by atoms with E-state index in [1.165, 1.54) is 6.07 Å². The molecule has 0 radical (unpaired) electrons. The van der Waals surface area contributed by atoms with Crippen LogP contribution in [0.2, 0.25) is 0 Å². The maximum absolute atomic E-state index is 13.1. The standard InChI is InChI=1S/C26H28F3N5O4/c1-25(2,38-14-23(30)36)18-11-20-16(12-34(33-20)17-8-6-15(13-35)7-9-17)10-21(18)32-24(37)19-4-3-5-22(31-19)26(27,28)29/h3-5,10-13,15,17H,6-9,14H2,1-2H3,(H2,30,36)(H,32,37). The molecule has 1 aliphatic carbocycles. The number of alkyl halides is 3. The van der Waals surface area contributed by atoms with Gasteiger partial charge in [0, 0.05) is 28.8 Å². The summed E-state index contributed by atoms with van der Waals surface area (Å²) in [6.45, 7) is 2.96. The van der Waals surface area contributed by atoms with E-state index in [9.17, 15) is 27.6 Å². The minimum absolute atomic E-state index is 0.0531. The van der Waals surface area contributed by atoms with Crippen LogP contribution < -0.4 is 11.1 Å². The van der Waals surface area contributed by atoms with Crippen molar-refractivity contribution in [1.82, 2.24) is 14.8 Å². The van der Waals surface area contributed by atoms with Crippen molar-refractivity contribution in [3.63, 3.8) is 0 Å². The molecule has 2 aromatic heterocycles. The third-order valence-electron chi connectivity index (χ3n) is 6.71. The number of halogens is 3. The Labute approximate surface area is 216 Å². The van der Waals surface area contributed by atoms with Crippen LogP contribution in [0.1, 0.15) is 67.3 Å². The molecule has 2 heterocycles. The predicted octanol–water partition coefficient (Wildman–Crippen LogP) is 4.37. The molecule has 1 aliphatic rings. The molecule has 4 rings (SSSR count). The Kier molecular flexibility index (Phi) is 7.54. The van der Waals surface area contributed by atoms with Gasteiger partial charge in [-0.1, -0.05) is 6.07 Å². The van der Waals surface area contributed by atoms with Crippen LogP contribution in [0, 0.1) is 5.92 Å². The van der Waals surface area contributed by atoms with E-state index in [0.29, 0.717) is 16.5 Å². The largest absolute Gasteiger partial charge is 0.433 e. The molecule has 3 aromatic rings. The van der Waals surface area contributed by atoms with Gasteiger partial charge >= 0.3 is 6.18 Å². The Morgan fingerprint density at radius 2 is 1.89 bits per heavy atom. The van der Waals surface area contributed by atoms with Crippen molar-refractivity contribution in [2.24, 2.45) is 11.7 Å². The van der Waals surface area contributed by atoms with Crippen molar-refractivity contribution >= 4 is 34.7 Å². The third-order valence-corrected chi connectivity index (χ3v) is 6.71. The monoisotopic (exact) mass is 531 g/mol. The van der Waals surface area contributed by atoms with Crippen LogP contribution in [0.3, 0.4) is 0 Å². The zero-order valence-corrected chi connectivity index (χ0v) is 20.9. The number of carbonyl (C=O) groups is 3. The van der Waals surface area contributed by atoms with E-state index in [1.54, 1.807) is 26.0 Å². The first kappa shape index (κ1) is 27.2. The summed E-state index contributed by atoms with van der Waals surface area (Å²) in [5.74, 6) is -1.48. The van der Waals surface area contributed by atoms with E-state index in [0.717, 1.165) is 44.1 Å². The molecule has 1 fully saturated rings. The van der Waals surface area contributed by atoms with Gasteiger partial charge in [0.15, 0.2) is 0 Å². The first-order valence-electron chi connectivity index (χ1n) is 12.1. The van der Waals surface area contributed by atoms with E-state index in [1.807, 2.05) is 10.9 Å². The van der Waals surface area contributed by atoms with Gasteiger partial charge in [-0.05, 0) is 63.8 Å². The smallest absolute Gasteiger partial charge is 0.368 e. The molecule has 0 unspecified atom stereocenters. The van der Waals surface area contributed by atoms with Crippen molar-refractivity contribution in [1.29, 1.82) is 0 Å². The number of pyridine rings is 1. The summed E-state index contributed by atoms with van der Waals surface area (Å²) in [4.78, 5) is 38.9. The molecule has 0 saturated heterocycles. The molecule has 2 amide bonds. The molecule has 0 aliphatic heterocycles. The summed E-state index contributed by atoms with van der Waals surface area (Å²) < 4.78 is 46.9. The van der Waals surface area contributed by atoms with Gasteiger partial charge < -0.3 is 20.6 Å². The molecule has 0 spiro atoms. The highest BCUT2D eigenvalue weighted by atomic mass is 19.4. The van der Waals surface area contributed by atoms with Crippen LogP contribution in [0.5, 0.6) is 0 Å². The number of hydrogen-bond donors (Lipinski definition) is 2. The zero-order valence-electron chi connectivity index (χ0n) is 20.9. The quantitative estimate of drug-likeness (QED) is 0.416. The lowest BCUT2D eigenvalue weighted by Gasteiger charge is -2.28. The molecular formula is C26H28F3N5O4. The summed E-state index contributed by atoms with van der Waals surface area (Å²) in [7, 11) is 0. The molecule has 202 valence electrons. The Balaban J connectivity index is 1.71. The molecule has 38 heavy (non-hydrogen) atoms. The molecule has 12 heteroatoms. The van der Waals surface area contributed by atoms with Gasteiger partial charge in [0.05, 0.1) is 17.2 Å². The lowest BCUT2D eigenvalue weighted by molar-refractivity contribution is -0.141. The number of amides is 2. The molecule has 1 aromatic carbocycles. The average molecular weight is 532 g/mol. The molecule has 1 saturated carbocycles. The first-order chi connectivity index (χ1) is 17.9. The summed E-state index contributed by atoms with van der Waals surface area (Å²) >= 11 is 0. The lowest BCUT2D eigenvalue weighted by Crippen LogP contribution is -2.30. The minimum Gasteiger partial charge on any atom is -0.368 e. The number of aldehydes is 1. The summed E-state index contributed by atoms with van der Waals surface area (Å²) in [6.07, 6.45) is 1.25. The number of fused-ring (bicyclic) bond motifs is 1. The van der Waals surface area contributed by atoms with Crippen molar-refractivity contribution in [3.8, 4) is 0 Å². The average Bonchev–Trinajstić information content (AvgIpc) is 3.30. The Morgan fingerprint density at radius 1 is 1.18 bits per heavy atom. The first-order valence-corrected chi connectivity index (χ1v) is 12.1. The number of rotatable bonds is 8. The van der Waals surface area contributed by atoms with Gasteiger partial charge in [0.1, 0.15) is 24.3 Å². The number of nitrogens with two attached hydrogens (primary N) is 1. The van der Waals surface area contributed by atoms with Gasteiger partial charge in [-0.15, -0.1) is 0 Å². The highest BCUT2D eigenvalue weighted by Gasteiger charge is 2.33. The van der Waals surface area contributed by atoms with Crippen molar-refractivity contribution in [3.05, 3.63) is 53.5 Å². The van der Waals surface area contributed by atoms with E-state index in [4.69, 9.17) is 15.6 Å². The Hall–Kier alpha value is -3.80. The van der Waals surface area contributed by atoms with Crippen LogP contribution in [-0.4, -0.2) is 39.5 Å². The van der Waals surface area contributed by atoms with Crippen LogP contribution in [0.25, 0.3) is 10.9 Å². The minimum atomic E-state index is -4.70. The number of nitrogens with zero attached hydrogens (tertiary/aromatic N) is 3. The summed E-state index contributed by atoms with van der Waals surface area (Å²) in [6, 6.07) is 6.55. The second kappa shape index (κ2) is 10.5. The second-order valence-electron chi connectivity index (χ2n) is 9.90. The third kappa shape index (κ3) is 6.01. The van der Waals surface area contributed by atoms with Gasteiger partial charge in [0.2, 0.25) is 5.91 Å². The van der Waals surface area contributed by atoms with Gasteiger partial charge in [0.25, 0.3) is 5.91 Å². The fourth-order valence-corrected chi connectivity index (χ4v) is 4.62. The van der Waals surface area contributed by atoms with Gasteiger partial charge in [-0.2, -0.15) is 18.3 Å². The SMILES string of the molecule is CC(C)(OCC(N)=O)c1cc2nn(C3CCC(C=O)CC3)cc2cc1NC(=O)c1cccc(C(F)(F)F)n1. The fraction of sp³-hybridized carbons (Fsp3) is 0.423. The summed E-state index contributed by atoms with van der Waals surface area (Å²) in [5.41, 5.74) is 3.83. The highest BCUT2D eigenvalue weighted by Crippen LogP contribution is 2.37. The lowest BCUT2D eigenvalue weighted by atomic mass is 9.87. The van der Waals surface area contributed by atoms with Crippen molar-refractivity contribution in [2.75, 3.05) is 11.9 Å². The maximum atomic E-state index is 13.1. The Bertz CT molecular complexity index is 1360. The fourth-order valence-electron chi connectivity index (χ4n) is 4.62. The second-order valence-corrected chi connectivity index (χ2v) is 9.90. The number of primary amides is 1. The molecule has 3 N–H and O–H groups in total. The number of benzene rings is 1. The number of ether oxygens (including phenoxy) is 1. The van der Waals surface area contributed by atoms with E-state index in [-0.39, 0.29) is 24.3 Å². The number of hydrogen-bond acceptors (Lipinski definition) is 6. The number of aromatic nitrogens is 3. The van der Waals surface area contributed by atoms with E-state index in [2.05, 4.69) is 10.3 Å². The van der Waals surface area contributed by atoms with Crippen LogP contribution >= 0.6 is 0 Å². The number of nitrogens with one attached hydrogen (secondary N) is 1. The van der Waals surface area contributed by atoms with Crippen molar-refractivity contribution in [2.45, 2.75) is 57.3 Å². The molecule has 0 atom stereocenters.